The zero-order chi connectivity index (χ0) is 12.3. The Kier molecular flexibility index (Phi) is 4.30. The molecule has 90 valence electrons. The number of methoxy groups -OCH3 is 1. The van der Waals surface area contributed by atoms with Gasteiger partial charge in [-0.05, 0) is 39.6 Å². The largest absolute Gasteiger partial charge is 0.481 e. The Morgan fingerprint density at radius 2 is 2.29 bits per heavy atom. The van der Waals surface area contributed by atoms with Gasteiger partial charge in [0.05, 0.1) is 9.99 Å². The fourth-order valence-electron chi connectivity index (χ4n) is 1.46. The number of ether oxygens (including phenoxy) is 1. The lowest BCUT2D eigenvalue weighted by Crippen LogP contribution is -2.13. The van der Waals surface area contributed by atoms with Crippen molar-refractivity contribution in [2.45, 2.75) is 12.5 Å². The Balaban J connectivity index is 2.09. The molecule has 17 heavy (non-hydrogen) atoms. The number of hydrogen-bond acceptors (Lipinski definition) is 5. The Hall–Kier alpha value is -0.730. The standard InChI is InChI=1S/C11H12IN3OS/c1-16-11-4-8(14-6-15-11)3-9(13)7-2-10(12)17-5-7/h2,4-6,9H,3,13H2,1H3. The van der Waals surface area contributed by atoms with Crippen molar-refractivity contribution in [3.8, 4) is 5.88 Å². The van der Waals surface area contributed by atoms with Crippen molar-refractivity contribution >= 4 is 33.9 Å². The molecule has 0 amide bonds. The average Bonchev–Trinajstić information content (AvgIpc) is 2.76. The van der Waals surface area contributed by atoms with Crippen LogP contribution in [0, 0.1) is 2.88 Å². The number of nitrogens with zero attached hydrogens (tertiary/aromatic N) is 2. The van der Waals surface area contributed by atoms with E-state index in [-0.39, 0.29) is 6.04 Å². The predicted molar refractivity (Wildman–Crippen MR) is 76.3 cm³/mol. The van der Waals surface area contributed by atoms with Gasteiger partial charge in [-0.25, -0.2) is 9.97 Å². The fourth-order valence-corrected chi connectivity index (χ4v) is 2.90. The molecule has 4 nitrogen and oxygen atoms in total. The second-order valence-corrected chi connectivity index (χ2v) is 6.35. The molecule has 0 saturated heterocycles. The van der Waals surface area contributed by atoms with E-state index in [1.165, 1.54) is 9.21 Å². The highest BCUT2D eigenvalue weighted by Gasteiger charge is 2.10. The maximum atomic E-state index is 6.13. The van der Waals surface area contributed by atoms with Gasteiger partial charge in [0, 0.05) is 24.2 Å². The summed E-state index contributed by atoms with van der Waals surface area (Å²) in [5.41, 5.74) is 8.18. The summed E-state index contributed by atoms with van der Waals surface area (Å²) in [6, 6.07) is 3.89. The van der Waals surface area contributed by atoms with E-state index < -0.39 is 0 Å². The predicted octanol–water partition coefficient (Wildman–Crippen LogP) is 2.39. The van der Waals surface area contributed by atoms with Crippen molar-refractivity contribution in [2.24, 2.45) is 5.73 Å². The first kappa shape index (κ1) is 12.7. The Bertz CT molecular complexity index is 503. The van der Waals surface area contributed by atoms with Crippen LogP contribution in [0.5, 0.6) is 5.88 Å². The summed E-state index contributed by atoms with van der Waals surface area (Å²) in [5, 5.41) is 2.09. The number of hydrogen-bond donors (Lipinski definition) is 1. The second kappa shape index (κ2) is 5.74. The zero-order valence-corrected chi connectivity index (χ0v) is 12.2. The third-order valence-corrected chi connectivity index (χ3v) is 4.16. The van der Waals surface area contributed by atoms with E-state index >= 15 is 0 Å². The number of halogens is 1. The third-order valence-electron chi connectivity index (χ3n) is 2.35. The summed E-state index contributed by atoms with van der Waals surface area (Å²) >= 11 is 3.99. The van der Waals surface area contributed by atoms with Crippen LogP contribution < -0.4 is 10.5 Å². The summed E-state index contributed by atoms with van der Waals surface area (Å²) in [6.07, 6.45) is 2.18. The second-order valence-electron chi connectivity index (χ2n) is 3.55. The Labute approximate surface area is 117 Å². The topological polar surface area (TPSA) is 61.0 Å². The molecule has 0 bridgehead atoms. The van der Waals surface area contributed by atoms with Crippen molar-refractivity contribution in [1.82, 2.24) is 9.97 Å². The van der Waals surface area contributed by atoms with Crippen LogP contribution in [0.15, 0.2) is 23.8 Å². The molecule has 0 saturated carbocycles. The van der Waals surface area contributed by atoms with Gasteiger partial charge in [-0.3, -0.25) is 0 Å². The molecule has 6 heteroatoms. The molecule has 0 fully saturated rings. The number of aromatic nitrogens is 2. The molecular formula is C11H12IN3OS. The first-order valence-electron chi connectivity index (χ1n) is 5.03. The van der Waals surface area contributed by atoms with Gasteiger partial charge in [0.2, 0.25) is 5.88 Å². The summed E-state index contributed by atoms with van der Waals surface area (Å²) in [6.45, 7) is 0. The minimum atomic E-state index is -0.0330. The number of nitrogens with two attached hydrogens (primary N) is 1. The zero-order valence-electron chi connectivity index (χ0n) is 9.26. The normalized spacial score (nSPS) is 12.4. The molecule has 2 N–H and O–H groups in total. The van der Waals surface area contributed by atoms with Crippen molar-refractivity contribution < 1.29 is 4.74 Å². The van der Waals surface area contributed by atoms with E-state index in [0.717, 1.165) is 11.3 Å². The summed E-state index contributed by atoms with van der Waals surface area (Å²) in [5.74, 6) is 0.571. The Morgan fingerprint density at radius 1 is 1.47 bits per heavy atom. The molecular weight excluding hydrogens is 349 g/mol. The molecule has 1 unspecified atom stereocenters. The first-order chi connectivity index (χ1) is 8.19. The maximum Gasteiger partial charge on any atom is 0.216 e. The highest BCUT2D eigenvalue weighted by molar-refractivity contribution is 14.1. The highest BCUT2D eigenvalue weighted by atomic mass is 127. The summed E-state index contributed by atoms with van der Waals surface area (Å²) in [7, 11) is 1.59. The minimum absolute atomic E-state index is 0.0330. The van der Waals surface area contributed by atoms with E-state index in [9.17, 15) is 0 Å². The quantitative estimate of drug-likeness (QED) is 0.850. The van der Waals surface area contributed by atoms with Gasteiger partial charge in [-0.15, -0.1) is 11.3 Å². The maximum absolute atomic E-state index is 6.13. The fraction of sp³-hybridized carbons (Fsp3) is 0.273. The van der Waals surface area contributed by atoms with Crippen LogP contribution in [0.3, 0.4) is 0 Å². The van der Waals surface area contributed by atoms with Crippen molar-refractivity contribution in [3.05, 3.63) is 38.0 Å². The van der Waals surface area contributed by atoms with Crippen molar-refractivity contribution in [3.63, 3.8) is 0 Å². The van der Waals surface area contributed by atoms with E-state index in [1.54, 1.807) is 18.4 Å². The van der Waals surface area contributed by atoms with E-state index in [2.05, 4.69) is 44.0 Å². The van der Waals surface area contributed by atoms with Crippen LogP contribution in [-0.2, 0) is 6.42 Å². The Morgan fingerprint density at radius 3 is 2.94 bits per heavy atom. The summed E-state index contributed by atoms with van der Waals surface area (Å²) < 4.78 is 6.30. The van der Waals surface area contributed by atoms with Gasteiger partial charge in [0.1, 0.15) is 6.33 Å². The first-order valence-corrected chi connectivity index (χ1v) is 6.99. The molecule has 0 aliphatic heterocycles. The lowest BCUT2D eigenvalue weighted by atomic mass is 10.1. The molecule has 0 aliphatic carbocycles. The third kappa shape index (κ3) is 3.36. The molecule has 0 spiro atoms. The van der Waals surface area contributed by atoms with Crippen LogP contribution in [0.25, 0.3) is 0 Å². The van der Waals surface area contributed by atoms with E-state index in [0.29, 0.717) is 12.3 Å². The van der Waals surface area contributed by atoms with Crippen LogP contribution >= 0.6 is 33.9 Å². The smallest absolute Gasteiger partial charge is 0.216 e. The molecule has 1 atom stereocenters. The number of rotatable bonds is 4. The van der Waals surface area contributed by atoms with Gasteiger partial charge >= 0.3 is 0 Å². The van der Waals surface area contributed by atoms with Gasteiger partial charge in [0.25, 0.3) is 0 Å². The van der Waals surface area contributed by atoms with Gasteiger partial charge in [-0.1, -0.05) is 0 Å². The van der Waals surface area contributed by atoms with Gasteiger partial charge < -0.3 is 10.5 Å². The van der Waals surface area contributed by atoms with Gasteiger partial charge in [0.15, 0.2) is 0 Å². The van der Waals surface area contributed by atoms with E-state index in [1.807, 2.05) is 6.07 Å². The SMILES string of the molecule is COc1cc(CC(N)c2csc(I)c2)ncn1. The lowest BCUT2D eigenvalue weighted by Gasteiger charge is -2.09. The molecule has 0 aromatic carbocycles. The molecule has 2 rings (SSSR count). The average molecular weight is 361 g/mol. The van der Waals surface area contributed by atoms with Crippen LogP contribution in [-0.4, -0.2) is 17.1 Å². The molecule has 2 heterocycles. The monoisotopic (exact) mass is 361 g/mol. The van der Waals surface area contributed by atoms with Crippen LogP contribution in [0.2, 0.25) is 0 Å². The van der Waals surface area contributed by atoms with E-state index in [4.69, 9.17) is 10.5 Å². The molecule has 0 aliphatic rings. The van der Waals surface area contributed by atoms with Crippen molar-refractivity contribution in [1.29, 1.82) is 0 Å². The highest BCUT2D eigenvalue weighted by Crippen LogP contribution is 2.23. The van der Waals surface area contributed by atoms with Gasteiger partial charge in [-0.2, -0.15) is 0 Å². The summed E-state index contributed by atoms with van der Waals surface area (Å²) in [4.78, 5) is 8.16. The van der Waals surface area contributed by atoms with Crippen molar-refractivity contribution in [2.75, 3.05) is 7.11 Å². The molecule has 2 aromatic rings. The molecule has 2 aromatic heterocycles. The van der Waals surface area contributed by atoms with Crippen LogP contribution in [0.1, 0.15) is 17.3 Å². The number of thiophene rings is 1. The lowest BCUT2D eigenvalue weighted by molar-refractivity contribution is 0.395. The minimum Gasteiger partial charge on any atom is -0.481 e. The molecule has 0 radical (unpaired) electrons. The van der Waals surface area contributed by atoms with Crippen LogP contribution in [0.4, 0.5) is 0 Å².